The molecule has 0 aromatic heterocycles. The monoisotopic (exact) mass is 395 g/mol. The highest BCUT2D eigenvalue weighted by atomic mass is 32.2. The Balaban J connectivity index is 1.33. The molecule has 0 saturated carbocycles. The van der Waals surface area contributed by atoms with E-state index in [0.717, 1.165) is 35.8 Å². The summed E-state index contributed by atoms with van der Waals surface area (Å²) in [6.07, 6.45) is 2.71. The van der Waals surface area contributed by atoms with E-state index in [0.29, 0.717) is 6.54 Å². The molecule has 6 heteroatoms. The van der Waals surface area contributed by atoms with E-state index in [4.69, 9.17) is 0 Å². The van der Waals surface area contributed by atoms with Gasteiger partial charge in [0.25, 0.3) is 0 Å². The number of nitrogens with zero attached hydrogens (tertiary/aromatic N) is 1. The first kappa shape index (κ1) is 19.0. The third-order valence-electron chi connectivity index (χ3n) is 5.26. The van der Waals surface area contributed by atoms with Crippen LogP contribution in [0.4, 0.5) is 5.69 Å². The minimum absolute atomic E-state index is 0.0944. The van der Waals surface area contributed by atoms with E-state index < -0.39 is 5.25 Å². The third kappa shape index (κ3) is 4.56. The standard InChI is InChI=1S/C22H25N3O2S/c26-21(13-20-22(27)24-18-9-3-4-10-19(18)28-20)23-14-16-7-1-2-8-17(16)15-25-11-5-6-12-25/h1-4,7-10,20H,5-6,11-15H2,(H,23,26)(H,24,27). The molecule has 1 saturated heterocycles. The number of likely N-dealkylation sites (tertiary alicyclic amines) is 1. The number of rotatable bonds is 6. The van der Waals surface area contributed by atoms with Crippen LogP contribution in [-0.4, -0.2) is 35.1 Å². The quantitative estimate of drug-likeness (QED) is 0.787. The number of para-hydroxylation sites is 1. The van der Waals surface area contributed by atoms with Gasteiger partial charge in [-0.2, -0.15) is 0 Å². The number of thioether (sulfide) groups is 1. The number of hydrogen-bond acceptors (Lipinski definition) is 4. The lowest BCUT2D eigenvalue weighted by atomic mass is 10.1. The lowest BCUT2D eigenvalue weighted by Crippen LogP contribution is -2.34. The molecule has 4 rings (SSSR count). The molecule has 28 heavy (non-hydrogen) atoms. The highest BCUT2D eigenvalue weighted by Crippen LogP contribution is 2.36. The molecular weight excluding hydrogens is 370 g/mol. The largest absolute Gasteiger partial charge is 0.352 e. The maximum absolute atomic E-state index is 12.5. The van der Waals surface area contributed by atoms with Gasteiger partial charge in [-0.1, -0.05) is 36.4 Å². The van der Waals surface area contributed by atoms with Gasteiger partial charge in [0.2, 0.25) is 11.8 Å². The molecule has 146 valence electrons. The summed E-state index contributed by atoms with van der Waals surface area (Å²) in [5.74, 6) is -0.198. The summed E-state index contributed by atoms with van der Waals surface area (Å²) in [7, 11) is 0. The normalized spacial score (nSPS) is 19.1. The van der Waals surface area contributed by atoms with Crippen LogP contribution in [-0.2, 0) is 22.7 Å². The summed E-state index contributed by atoms with van der Waals surface area (Å²) >= 11 is 1.46. The summed E-state index contributed by atoms with van der Waals surface area (Å²) in [6.45, 7) is 3.73. The SMILES string of the molecule is O=C(CC1Sc2ccccc2NC1=O)NCc1ccccc1CN1CCCC1. The number of carbonyl (C=O) groups excluding carboxylic acids is 2. The van der Waals surface area contributed by atoms with Gasteiger partial charge in [0.1, 0.15) is 0 Å². The number of benzene rings is 2. The van der Waals surface area contributed by atoms with Gasteiger partial charge < -0.3 is 10.6 Å². The van der Waals surface area contributed by atoms with Gasteiger partial charge in [-0.15, -0.1) is 11.8 Å². The molecular formula is C22H25N3O2S. The van der Waals surface area contributed by atoms with Crippen LogP contribution >= 0.6 is 11.8 Å². The maximum atomic E-state index is 12.5. The van der Waals surface area contributed by atoms with Crippen LogP contribution < -0.4 is 10.6 Å². The average molecular weight is 396 g/mol. The number of fused-ring (bicyclic) bond motifs is 1. The van der Waals surface area contributed by atoms with Crippen molar-refractivity contribution in [1.29, 1.82) is 0 Å². The van der Waals surface area contributed by atoms with Gasteiger partial charge in [-0.05, 0) is 49.2 Å². The van der Waals surface area contributed by atoms with Crippen LogP contribution in [0.2, 0.25) is 0 Å². The molecule has 5 nitrogen and oxygen atoms in total. The van der Waals surface area contributed by atoms with Crippen molar-refractivity contribution < 1.29 is 9.59 Å². The van der Waals surface area contributed by atoms with Crippen molar-refractivity contribution >= 4 is 29.3 Å². The first-order chi connectivity index (χ1) is 13.7. The van der Waals surface area contributed by atoms with E-state index >= 15 is 0 Å². The van der Waals surface area contributed by atoms with E-state index in [1.54, 1.807) is 0 Å². The fourth-order valence-corrected chi connectivity index (χ4v) is 4.84. The van der Waals surface area contributed by atoms with Crippen LogP contribution in [0.3, 0.4) is 0 Å². The Morgan fingerprint density at radius 3 is 2.61 bits per heavy atom. The average Bonchev–Trinajstić information content (AvgIpc) is 3.21. The van der Waals surface area contributed by atoms with Gasteiger partial charge >= 0.3 is 0 Å². The van der Waals surface area contributed by atoms with E-state index in [1.165, 1.54) is 30.2 Å². The lowest BCUT2D eigenvalue weighted by molar-refractivity contribution is -0.124. The van der Waals surface area contributed by atoms with Crippen molar-refractivity contribution in [3.05, 3.63) is 59.7 Å². The number of nitrogens with one attached hydrogen (secondary N) is 2. The first-order valence-corrected chi connectivity index (χ1v) is 10.7. The molecule has 2 aliphatic rings. The van der Waals surface area contributed by atoms with Crippen molar-refractivity contribution in [1.82, 2.24) is 10.2 Å². The molecule has 2 heterocycles. The Bertz CT molecular complexity index is 864. The highest BCUT2D eigenvalue weighted by Gasteiger charge is 2.28. The first-order valence-electron chi connectivity index (χ1n) is 9.81. The molecule has 2 amide bonds. The summed E-state index contributed by atoms with van der Waals surface area (Å²) < 4.78 is 0. The Labute approximate surface area is 169 Å². The maximum Gasteiger partial charge on any atom is 0.238 e. The van der Waals surface area contributed by atoms with E-state index in [-0.39, 0.29) is 18.2 Å². The van der Waals surface area contributed by atoms with E-state index in [9.17, 15) is 9.59 Å². The number of hydrogen-bond donors (Lipinski definition) is 2. The minimum atomic E-state index is -0.394. The smallest absolute Gasteiger partial charge is 0.238 e. The van der Waals surface area contributed by atoms with E-state index in [1.807, 2.05) is 30.3 Å². The summed E-state index contributed by atoms with van der Waals surface area (Å²) in [6, 6.07) is 16.0. The van der Waals surface area contributed by atoms with Crippen molar-refractivity contribution in [2.24, 2.45) is 0 Å². The zero-order valence-corrected chi connectivity index (χ0v) is 16.6. The topological polar surface area (TPSA) is 61.4 Å². The Morgan fingerprint density at radius 1 is 1.07 bits per heavy atom. The molecule has 1 fully saturated rings. The highest BCUT2D eigenvalue weighted by molar-refractivity contribution is 8.01. The zero-order valence-electron chi connectivity index (χ0n) is 15.8. The van der Waals surface area contributed by atoms with E-state index in [2.05, 4.69) is 33.7 Å². The summed E-state index contributed by atoms with van der Waals surface area (Å²) in [5.41, 5.74) is 3.24. The fourth-order valence-electron chi connectivity index (χ4n) is 3.73. The molecule has 0 aliphatic carbocycles. The minimum Gasteiger partial charge on any atom is -0.352 e. The Morgan fingerprint density at radius 2 is 1.79 bits per heavy atom. The molecule has 0 bridgehead atoms. The van der Waals surface area contributed by atoms with Gasteiger partial charge in [-0.3, -0.25) is 14.5 Å². The van der Waals surface area contributed by atoms with Crippen molar-refractivity contribution in [3.8, 4) is 0 Å². The number of amides is 2. The molecule has 0 spiro atoms. The zero-order chi connectivity index (χ0) is 19.3. The molecule has 1 atom stereocenters. The molecule has 2 aromatic carbocycles. The van der Waals surface area contributed by atoms with Crippen LogP contribution in [0.25, 0.3) is 0 Å². The van der Waals surface area contributed by atoms with Crippen LogP contribution in [0, 0.1) is 0 Å². The molecule has 0 radical (unpaired) electrons. The number of carbonyl (C=O) groups is 2. The Hall–Kier alpha value is -2.31. The van der Waals surface area contributed by atoms with Crippen molar-refractivity contribution in [2.45, 2.75) is 42.5 Å². The second kappa shape index (κ2) is 8.80. The van der Waals surface area contributed by atoms with Gasteiger partial charge in [0.05, 0.1) is 10.9 Å². The van der Waals surface area contributed by atoms with Gasteiger partial charge in [0.15, 0.2) is 0 Å². The van der Waals surface area contributed by atoms with Crippen LogP contribution in [0.5, 0.6) is 0 Å². The van der Waals surface area contributed by atoms with Gasteiger partial charge in [0, 0.05) is 24.4 Å². The molecule has 1 unspecified atom stereocenters. The van der Waals surface area contributed by atoms with Crippen LogP contribution in [0.15, 0.2) is 53.4 Å². The summed E-state index contributed by atoms with van der Waals surface area (Å²) in [5, 5.41) is 5.50. The number of anilines is 1. The fraction of sp³-hybridized carbons (Fsp3) is 0.364. The summed E-state index contributed by atoms with van der Waals surface area (Å²) in [4.78, 5) is 28.2. The molecule has 2 N–H and O–H groups in total. The van der Waals surface area contributed by atoms with Crippen molar-refractivity contribution in [3.63, 3.8) is 0 Å². The van der Waals surface area contributed by atoms with Crippen LogP contribution in [0.1, 0.15) is 30.4 Å². The second-order valence-corrected chi connectivity index (χ2v) is 8.57. The lowest BCUT2D eigenvalue weighted by Gasteiger charge is -2.23. The molecule has 2 aromatic rings. The molecule has 2 aliphatic heterocycles. The predicted octanol–water partition coefficient (Wildman–Crippen LogP) is 3.40. The predicted molar refractivity (Wildman–Crippen MR) is 112 cm³/mol. The third-order valence-corrected chi connectivity index (χ3v) is 6.54. The Kier molecular flexibility index (Phi) is 5.98. The van der Waals surface area contributed by atoms with Crippen molar-refractivity contribution in [2.75, 3.05) is 18.4 Å². The second-order valence-electron chi connectivity index (χ2n) is 7.32. The van der Waals surface area contributed by atoms with Gasteiger partial charge in [-0.25, -0.2) is 0 Å².